The summed E-state index contributed by atoms with van der Waals surface area (Å²) in [4.78, 5) is 23.5. The Kier molecular flexibility index (Phi) is 10.0. The molecule has 0 bridgehead atoms. The van der Waals surface area contributed by atoms with Gasteiger partial charge in [-0.15, -0.1) is 0 Å². The highest BCUT2D eigenvalue weighted by Gasteiger charge is 2.66. The second kappa shape index (κ2) is 11.4. The third kappa shape index (κ3) is 8.37. The Hall–Kier alpha value is -2.01. The topological polar surface area (TPSA) is 116 Å². The van der Waals surface area contributed by atoms with Gasteiger partial charge < -0.3 is 14.2 Å². The number of hydrogen-bond acceptors (Lipinski definition) is 7. The van der Waals surface area contributed by atoms with Crippen LogP contribution in [0, 0.1) is 3.57 Å². The zero-order valence-electron chi connectivity index (χ0n) is 16.8. The van der Waals surface area contributed by atoms with E-state index in [1.807, 2.05) is 0 Å². The van der Waals surface area contributed by atoms with E-state index < -0.39 is 45.2 Å². The average Bonchev–Trinajstić information content (AvgIpc) is 2.67. The van der Waals surface area contributed by atoms with Crippen LogP contribution < -0.4 is 4.74 Å². The first-order valence-electron chi connectivity index (χ1n) is 8.86. The second-order valence-corrected chi connectivity index (χ2v) is 9.22. The van der Waals surface area contributed by atoms with Crippen LogP contribution in [0.3, 0.4) is 0 Å². The Morgan fingerprint density at radius 2 is 1.73 bits per heavy atom. The van der Waals surface area contributed by atoms with Gasteiger partial charge in [-0.05, 0) is 60.6 Å². The Bertz CT molecular complexity index is 994. The summed E-state index contributed by atoms with van der Waals surface area (Å²) in [5, 5.41) is -5.86. The van der Waals surface area contributed by atoms with Crippen molar-refractivity contribution in [2.45, 2.75) is 37.3 Å². The molecule has 0 aromatic heterocycles. The number of halogens is 6. The maximum atomic E-state index is 13.7. The largest absolute Gasteiger partial charge is 0.493 e. The molecule has 0 saturated heterocycles. The molecule has 15 heteroatoms. The van der Waals surface area contributed by atoms with Crippen LogP contribution in [0.1, 0.15) is 30.1 Å². The van der Waals surface area contributed by atoms with Crippen molar-refractivity contribution >= 4 is 44.6 Å². The van der Waals surface area contributed by atoms with E-state index in [-0.39, 0.29) is 31.0 Å². The fourth-order valence-corrected chi connectivity index (χ4v) is 3.04. The molecule has 33 heavy (non-hydrogen) atoms. The SMILES string of the molecule is C=C(C)C(=O)OCCCCOc1ccc(I)cc1C(=O)OC(C(F)(F)F)C(F)(F)S(=O)(=O)O. The molecule has 8 nitrogen and oxygen atoms in total. The van der Waals surface area contributed by atoms with Crippen molar-refractivity contribution in [3.63, 3.8) is 0 Å². The first-order valence-corrected chi connectivity index (χ1v) is 11.4. The Labute approximate surface area is 199 Å². The van der Waals surface area contributed by atoms with E-state index >= 15 is 0 Å². The number of ether oxygens (including phenoxy) is 3. The normalized spacial score (nSPS) is 13.2. The fraction of sp³-hybridized carbons (Fsp3) is 0.444. The molecule has 0 amide bonds. The molecule has 0 heterocycles. The molecule has 1 aromatic carbocycles. The van der Waals surface area contributed by atoms with Gasteiger partial charge in [-0.25, -0.2) is 9.59 Å². The molecule has 1 aromatic rings. The molecule has 0 aliphatic carbocycles. The van der Waals surface area contributed by atoms with E-state index in [0.29, 0.717) is 9.99 Å². The van der Waals surface area contributed by atoms with Crippen molar-refractivity contribution in [2.75, 3.05) is 13.2 Å². The van der Waals surface area contributed by atoms with Gasteiger partial charge in [0.05, 0.1) is 13.2 Å². The average molecular weight is 616 g/mol. The summed E-state index contributed by atoms with van der Waals surface area (Å²) in [6, 6.07) is 3.55. The predicted molar refractivity (Wildman–Crippen MR) is 111 cm³/mol. The number of rotatable bonds is 11. The number of alkyl halides is 5. The van der Waals surface area contributed by atoms with Gasteiger partial charge in [0.1, 0.15) is 11.3 Å². The lowest BCUT2D eigenvalue weighted by Gasteiger charge is -2.26. The molecule has 0 saturated carbocycles. The van der Waals surface area contributed by atoms with Gasteiger partial charge >= 0.3 is 33.5 Å². The van der Waals surface area contributed by atoms with Crippen molar-refractivity contribution in [1.82, 2.24) is 0 Å². The van der Waals surface area contributed by atoms with E-state index in [4.69, 9.17) is 14.0 Å². The molecule has 1 atom stereocenters. The summed E-state index contributed by atoms with van der Waals surface area (Å²) in [5.41, 5.74) is -0.485. The van der Waals surface area contributed by atoms with Crippen molar-refractivity contribution in [2.24, 2.45) is 0 Å². The van der Waals surface area contributed by atoms with Gasteiger partial charge in [0.15, 0.2) is 0 Å². The standard InChI is InChI=1S/C18H18F5IO8S/c1-10(2)14(25)31-8-4-3-7-30-13-6-5-11(24)9-12(13)15(26)32-16(17(19,20)21)18(22,23)33(27,28)29/h5-6,9,16H,1,3-4,7-8H2,2H3,(H,27,28,29). The van der Waals surface area contributed by atoms with Crippen molar-refractivity contribution in [1.29, 1.82) is 0 Å². The van der Waals surface area contributed by atoms with Gasteiger partial charge in [0.25, 0.3) is 6.10 Å². The maximum Gasteiger partial charge on any atom is 0.432 e. The molecule has 0 fully saturated rings. The van der Waals surface area contributed by atoms with E-state index in [2.05, 4.69) is 11.3 Å². The molecule has 1 rings (SSSR count). The lowest BCUT2D eigenvalue weighted by atomic mass is 10.2. The van der Waals surface area contributed by atoms with E-state index in [1.54, 1.807) is 22.6 Å². The highest BCUT2D eigenvalue weighted by atomic mass is 127. The Balaban J connectivity index is 2.95. The van der Waals surface area contributed by atoms with Gasteiger partial charge in [0, 0.05) is 9.14 Å². The number of unbranched alkanes of at least 4 members (excludes halogenated alkanes) is 1. The number of carbonyl (C=O) groups is 2. The van der Waals surface area contributed by atoms with Crippen LogP contribution in [-0.4, -0.2) is 55.7 Å². The zero-order valence-corrected chi connectivity index (χ0v) is 19.8. The summed E-state index contributed by atoms with van der Waals surface area (Å²) >= 11 is 1.68. The predicted octanol–water partition coefficient (Wildman–Crippen LogP) is 4.14. The third-order valence-corrected chi connectivity index (χ3v) is 5.28. The zero-order chi connectivity index (χ0) is 25.6. The van der Waals surface area contributed by atoms with Crippen LogP contribution in [0.25, 0.3) is 0 Å². The second-order valence-electron chi connectivity index (χ2n) is 6.48. The van der Waals surface area contributed by atoms with Crippen LogP contribution in [0.15, 0.2) is 30.4 Å². The van der Waals surface area contributed by atoms with Gasteiger partial charge in [-0.2, -0.15) is 30.4 Å². The summed E-state index contributed by atoms with van der Waals surface area (Å²) in [7, 11) is -6.57. The van der Waals surface area contributed by atoms with Crippen LogP contribution >= 0.6 is 22.6 Å². The summed E-state index contributed by atoms with van der Waals surface area (Å²) in [5.74, 6) is -2.88. The van der Waals surface area contributed by atoms with E-state index in [0.717, 1.165) is 6.07 Å². The van der Waals surface area contributed by atoms with E-state index in [9.17, 15) is 40.0 Å². The van der Waals surface area contributed by atoms with Crippen molar-refractivity contribution in [3.8, 4) is 5.75 Å². The number of carbonyl (C=O) groups excluding carboxylic acids is 2. The Morgan fingerprint density at radius 1 is 1.15 bits per heavy atom. The molecule has 1 unspecified atom stereocenters. The van der Waals surface area contributed by atoms with Crippen molar-refractivity contribution < 1.29 is 58.7 Å². The van der Waals surface area contributed by atoms with Crippen molar-refractivity contribution in [3.05, 3.63) is 39.5 Å². The van der Waals surface area contributed by atoms with Gasteiger partial charge in [-0.1, -0.05) is 6.58 Å². The first kappa shape index (κ1) is 29.0. The monoisotopic (exact) mass is 616 g/mol. The van der Waals surface area contributed by atoms with Gasteiger partial charge in [-0.3, -0.25) is 4.55 Å². The molecular weight excluding hydrogens is 598 g/mol. The summed E-state index contributed by atoms with van der Waals surface area (Å²) in [6.07, 6.45) is -9.91. The quantitative estimate of drug-likeness (QED) is 0.0986. The first-order chi connectivity index (χ1) is 15.0. The van der Waals surface area contributed by atoms with Crippen LogP contribution in [0.2, 0.25) is 0 Å². The minimum atomic E-state index is -6.57. The molecular formula is C18H18F5IO8S. The lowest BCUT2D eigenvalue weighted by molar-refractivity contribution is -0.248. The minimum absolute atomic E-state index is 0.0224. The van der Waals surface area contributed by atoms with E-state index in [1.165, 1.54) is 19.1 Å². The number of hydrogen-bond donors (Lipinski definition) is 1. The summed E-state index contributed by atoms with van der Waals surface area (Å²) in [6.45, 7) is 4.78. The summed E-state index contributed by atoms with van der Waals surface area (Å²) < 4.78 is 111. The molecule has 0 aliphatic rings. The highest BCUT2D eigenvalue weighted by molar-refractivity contribution is 14.1. The smallest absolute Gasteiger partial charge is 0.432 e. The van der Waals surface area contributed by atoms with Gasteiger partial charge in [0.2, 0.25) is 0 Å². The Morgan fingerprint density at radius 3 is 2.24 bits per heavy atom. The molecule has 1 N–H and O–H groups in total. The van der Waals surface area contributed by atoms with Crippen LogP contribution in [-0.2, 0) is 24.4 Å². The van der Waals surface area contributed by atoms with Crippen LogP contribution in [0.4, 0.5) is 22.0 Å². The lowest BCUT2D eigenvalue weighted by Crippen LogP contribution is -2.52. The third-order valence-electron chi connectivity index (χ3n) is 3.71. The van der Waals surface area contributed by atoms with Crippen LogP contribution in [0.5, 0.6) is 5.75 Å². The molecule has 0 radical (unpaired) electrons. The minimum Gasteiger partial charge on any atom is -0.493 e. The number of esters is 2. The maximum absolute atomic E-state index is 13.7. The fourth-order valence-electron chi connectivity index (χ4n) is 2.09. The molecule has 186 valence electrons. The highest BCUT2D eigenvalue weighted by Crippen LogP contribution is 2.39. The molecule has 0 spiro atoms. The number of benzene rings is 1. The molecule has 0 aliphatic heterocycles.